The molecule has 0 unspecified atom stereocenters. The van der Waals surface area contributed by atoms with Gasteiger partial charge >= 0.3 is 6.03 Å². The van der Waals surface area contributed by atoms with Crippen molar-refractivity contribution >= 4 is 40.4 Å². The van der Waals surface area contributed by atoms with Gasteiger partial charge in [-0.3, -0.25) is 14.5 Å². The predicted molar refractivity (Wildman–Crippen MR) is 120 cm³/mol. The van der Waals surface area contributed by atoms with Crippen LogP contribution < -0.4 is 21.1 Å². The molecule has 0 spiro atoms. The first kappa shape index (κ1) is 20.4. The molecule has 3 aromatic rings. The van der Waals surface area contributed by atoms with E-state index in [1.807, 2.05) is 26.8 Å². The van der Waals surface area contributed by atoms with Gasteiger partial charge in [0.25, 0.3) is 5.56 Å². The topological polar surface area (TPSA) is 112 Å². The molecule has 1 aromatic carbocycles. The Balaban J connectivity index is 1.54. The van der Waals surface area contributed by atoms with Crippen molar-refractivity contribution in [2.45, 2.75) is 26.8 Å². The maximum absolute atomic E-state index is 12.5. The lowest BCUT2D eigenvalue weighted by atomic mass is 10.1. The molecule has 2 aromatic heterocycles. The molecule has 1 aliphatic rings. The highest BCUT2D eigenvalue weighted by Crippen LogP contribution is 2.28. The van der Waals surface area contributed by atoms with Crippen LogP contribution in [0.4, 0.5) is 16.2 Å². The number of H-pyrrole nitrogens is 1. The van der Waals surface area contributed by atoms with Crippen molar-refractivity contribution < 1.29 is 9.59 Å². The number of aromatic amines is 1. The van der Waals surface area contributed by atoms with Crippen molar-refractivity contribution in [3.05, 3.63) is 58.0 Å². The lowest BCUT2D eigenvalue weighted by molar-refractivity contribution is -0.111. The first-order chi connectivity index (χ1) is 14.8. The number of pyridine rings is 1. The number of amides is 3. The second-order valence-electron chi connectivity index (χ2n) is 7.70. The Labute approximate surface area is 178 Å². The lowest BCUT2D eigenvalue weighted by Gasteiger charge is -2.19. The van der Waals surface area contributed by atoms with Gasteiger partial charge in [-0.25, -0.2) is 9.48 Å². The molecule has 0 saturated carbocycles. The fraction of sp³-hybridized carbons (Fsp3) is 0.273. The number of hydrogen-bond donors (Lipinski definition) is 3. The van der Waals surface area contributed by atoms with E-state index in [4.69, 9.17) is 0 Å². The summed E-state index contributed by atoms with van der Waals surface area (Å²) in [4.78, 5) is 41.4. The van der Waals surface area contributed by atoms with E-state index >= 15 is 0 Å². The van der Waals surface area contributed by atoms with Crippen molar-refractivity contribution in [2.24, 2.45) is 0 Å². The van der Waals surface area contributed by atoms with Crippen LogP contribution in [0, 0.1) is 6.92 Å². The minimum Gasteiger partial charge on any atom is -0.336 e. The summed E-state index contributed by atoms with van der Waals surface area (Å²) in [5, 5.41) is 10.7. The lowest BCUT2D eigenvalue weighted by Crippen LogP contribution is -2.28. The average molecular weight is 420 g/mol. The first-order valence-corrected chi connectivity index (χ1v) is 10.1. The molecule has 0 bridgehead atoms. The molecule has 0 aliphatic carbocycles. The largest absolute Gasteiger partial charge is 0.336 e. The zero-order chi connectivity index (χ0) is 22.1. The average Bonchev–Trinajstić information content (AvgIpc) is 3.33. The summed E-state index contributed by atoms with van der Waals surface area (Å²) in [7, 11) is 0. The van der Waals surface area contributed by atoms with E-state index in [1.54, 1.807) is 34.0 Å². The Morgan fingerprint density at radius 3 is 2.81 bits per heavy atom. The second-order valence-corrected chi connectivity index (χ2v) is 7.70. The van der Waals surface area contributed by atoms with Crippen LogP contribution in [0.25, 0.3) is 17.1 Å². The number of carbonyl (C=O) groups is 2. The highest BCUT2D eigenvalue weighted by Gasteiger charge is 2.23. The summed E-state index contributed by atoms with van der Waals surface area (Å²) >= 11 is 0. The van der Waals surface area contributed by atoms with Crippen LogP contribution in [0.1, 0.15) is 31.0 Å². The molecular formula is C22H24N6O3. The van der Waals surface area contributed by atoms with Crippen molar-refractivity contribution in [3.8, 4) is 0 Å². The summed E-state index contributed by atoms with van der Waals surface area (Å²) in [6.45, 7) is 6.99. The van der Waals surface area contributed by atoms with Crippen LogP contribution in [0.5, 0.6) is 0 Å². The Morgan fingerprint density at radius 1 is 1.29 bits per heavy atom. The number of nitrogens with zero attached hydrogens (tertiary/aromatic N) is 3. The SMILES string of the molecule is Cc1c(NC(=O)/C=C/c2cc3cnn(C(C)C)c3[nH]c2=O)cccc1N1CCNC1=O. The maximum atomic E-state index is 12.5. The summed E-state index contributed by atoms with van der Waals surface area (Å²) in [5.41, 5.74) is 2.87. The molecule has 3 amide bonds. The van der Waals surface area contributed by atoms with Crippen LogP contribution in [0.15, 0.2) is 41.3 Å². The molecule has 4 rings (SSSR count). The van der Waals surface area contributed by atoms with Gasteiger partial charge in [-0.1, -0.05) is 6.07 Å². The molecule has 3 N–H and O–H groups in total. The quantitative estimate of drug-likeness (QED) is 0.551. The van der Waals surface area contributed by atoms with Crippen LogP contribution in [0.2, 0.25) is 0 Å². The van der Waals surface area contributed by atoms with Gasteiger partial charge in [0, 0.05) is 41.8 Å². The number of rotatable bonds is 5. The highest BCUT2D eigenvalue weighted by molar-refractivity contribution is 6.03. The number of carbonyl (C=O) groups excluding carboxylic acids is 2. The third-order valence-electron chi connectivity index (χ3n) is 5.24. The Morgan fingerprint density at radius 2 is 2.10 bits per heavy atom. The molecule has 1 fully saturated rings. The Hall–Kier alpha value is -3.88. The number of urea groups is 1. The number of nitrogens with one attached hydrogen (secondary N) is 3. The van der Waals surface area contributed by atoms with Crippen molar-refractivity contribution in [1.29, 1.82) is 0 Å². The molecular weight excluding hydrogens is 396 g/mol. The van der Waals surface area contributed by atoms with Crippen LogP contribution in [-0.4, -0.2) is 39.8 Å². The number of aromatic nitrogens is 3. The van der Waals surface area contributed by atoms with E-state index < -0.39 is 0 Å². The minimum absolute atomic E-state index is 0.117. The van der Waals surface area contributed by atoms with E-state index in [1.165, 1.54) is 12.2 Å². The smallest absolute Gasteiger partial charge is 0.322 e. The van der Waals surface area contributed by atoms with Gasteiger partial charge < -0.3 is 15.6 Å². The highest BCUT2D eigenvalue weighted by atomic mass is 16.2. The predicted octanol–water partition coefficient (Wildman–Crippen LogP) is 2.80. The molecule has 9 heteroatoms. The van der Waals surface area contributed by atoms with Gasteiger partial charge in [0.05, 0.1) is 11.9 Å². The van der Waals surface area contributed by atoms with E-state index in [0.29, 0.717) is 30.0 Å². The van der Waals surface area contributed by atoms with Crippen LogP contribution in [0.3, 0.4) is 0 Å². The van der Waals surface area contributed by atoms with E-state index in [2.05, 4.69) is 20.7 Å². The molecule has 3 heterocycles. The molecule has 160 valence electrons. The number of hydrogen-bond acceptors (Lipinski definition) is 4. The van der Waals surface area contributed by atoms with Gasteiger partial charge in [-0.2, -0.15) is 5.10 Å². The van der Waals surface area contributed by atoms with E-state index in [0.717, 1.165) is 16.6 Å². The van der Waals surface area contributed by atoms with Gasteiger partial charge in [0.2, 0.25) is 5.91 Å². The summed E-state index contributed by atoms with van der Waals surface area (Å²) < 4.78 is 1.74. The van der Waals surface area contributed by atoms with Crippen molar-refractivity contribution in [2.75, 3.05) is 23.3 Å². The third kappa shape index (κ3) is 3.94. The minimum atomic E-state index is -0.372. The monoisotopic (exact) mass is 420 g/mol. The van der Waals surface area contributed by atoms with Gasteiger partial charge in [-0.15, -0.1) is 0 Å². The summed E-state index contributed by atoms with van der Waals surface area (Å²) in [6.07, 6.45) is 4.48. The third-order valence-corrected chi connectivity index (χ3v) is 5.24. The normalized spacial score (nSPS) is 14.1. The van der Waals surface area contributed by atoms with Crippen molar-refractivity contribution in [3.63, 3.8) is 0 Å². The Bertz CT molecular complexity index is 1250. The molecule has 9 nitrogen and oxygen atoms in total. The molecule has 1 aliphatic heterocycles. The fourth-order valence-corrected chi connectivity index (χ4v) is 3.63. The molecule has 0 radical (unpaired) electrons. The van der Waals surface area contributed by atoms with Crippen molar-refractivity contribution in [1.82, 2.24) is 20.1 Å². The van der Waals surface area contributed by atoms with E-state index in [-0.39, 0.29) is 23.5 Å². The van der Waals surface area contributed by atoms with Gasteiger partial charge in [0.1, 0.15) is 5.65 Å². The van der Waals surface area contributed by atoms with Gasteiger partial charge in [0.15, 0.2) is 0 Å². The maximum Gasteiger partial charge on any atom is 0.322 e. The standard InChI is InChI=1S/C22H24N6O3/c1-13(2)28-20-16(12-24-28)11-15(21(30)26-20)7-8-19(29)25-17-5-4-6-18(14(17)3)27-10-9-23-22(27)31/h4-8,11-13H,9-10H2,1-3H3,(H,23,31)(H,25,29)(H,26,30)/b8-7+. The summed E-state index contributed by atoms with van der Waals surface area (Å²) in [6, 6.07) is 7.09. The first-order valence-electron chi connectivity index (χ1n) is 10.1. The summed E-state index contributed by atoms with van der Waals surface area (Å²) in [5.74, 6) is -0.372. The van der Waals surface area contributed by atoms with Crippen LogP contribution in [-0.2, 0) is 4.79 Å². The molecule has 0 atom stereocenters. The molecule has 31 heavy (non-hydrogen) atoms. The fourth-order valence-electron chi connectivity index (χ4n) is 3.63. The van der Waals surface area contributed by atoms with Crippen LogP contribution >= 0.6 is 0 Å². The number of anilines is 2. The zero-order valence-corrected chi connectivity index (χ0v) is 17.6. The molecule has 1 saturated heterocycles. The Kier molecular flexibility index (Phi) is 5.33. The number of benzene rings is 1. The van der Waals surface area contributed by atoms with E-state index in [9.17, 15) is 14.4 Å². The van der Waals surface area contributed by atoms with Gasteiger partial charge in [-0.05, 0) is 50.6 Å². The number of fused-ring (bicyclic) bond motifs is 1. The zero-order valence-electron chi connectivity index (χ0n) is 17.6. The second kappa shape index (κ2) is 8.10.